The van der Waals surface area contributed by atoms with E-state index < -0.39 is 0 Å². The highest BCUT2D eigenvalue weighted by atomic mass is 19.1. The second kappa shape index (κ2) is 7.92. The molecule has 4 nitrogen and oxygen atoms in total. The Morgan fingerprint density at radius 1 is 1.07 bits per heavy atom. The molecule has 1 aliphatic rings. The molecule has 1 aliphatic heterocycles. The number of likely N-dealkylation sites (tertiary alicyclic amines) is 1. The zero-order valence-corrected chi connectivity index (χ0v) is 15.4. The van der Waals surface area contributed by atoms with Crippen LogP contribution >= 0.6 is 0 Å². The van der Waals surface area contributed by atoms with E-state index in [1.54, 1.807) is 24.3 Å². The molecule has 1 saturated heterocycles. The third kappa shape index (κ3) is 4.11. The summed E-state index contributed by atoms with van der Waals surface area (Å²) in [6.07, 6.45) is 2.17. The number of rotatable bonds is 4. The Kier molecular flexibility index (Phi) is 5.19. The molecule has 2 heterocycles. The minimum Gasteiger partial charge on any atom is -0.342 e. The van der Waals surface area contributed by atoms with E-state index >= 15 is 0 Å². The Morgan fingerprint density at radius 2 is 1.75 bits per heavy atom. The van der Waals surface area contributed by atoms with Gasteiger partial charge in [-0.1, -0.05) is 12.1 Å². The van der Waals surface area contributed by atoms with E-state index in [0.29, 0.717) is 6.54 Å². The normalized spacial score (nSPS) is 16.9. The second-order valence-corrected chi connectivity index (χ2v) is 7.20. The maximum absolute atomic E-state index is 13.1. The minimum absolute atomic E-state index is 0.0505. The number of halogens is 2. The largest absolute Gasteiger partial charge is 0.342 e. The van der Waals surface area contributed by atoms with Crippen LogP contribution in [0.15, 0.2) is 54.6 Å². The quantitative estimate of drug-likeness (QED) is 0.732. The lowest BCUT2D eigenvalue weighted by molar-refractivity contribution is -0.131. The summed E-state index contributed by atoms with van der Waals surface area (Å²) < 4.78 is 26.1. The Bertz CT molecular complexity index is 951. The number of amides is 1. The molecule has 0 unspecified atom stereocenters. The van der Waals surface area contributed by atoms with Crippen molar-refractivity contribution in [3.8, 4) is 11.3 Å². The van der Waals surface area contributed by atoms with Gasteiger partial charge in [0.15, 0.2) is 0 Å². The summed E-state index contributed by atoms with van der Waals surface area (Å²) in [5.74, 6) is -0.338. The van der Waals surface area contributed by atoms with E-state index in [-0.39, 0.29) is 29.9 Å². The Labute approximate surface area is 162 Å². The molecule has 3 aromatic rings. The van der Waals surface area contributed by atoms with Gasteiger partial charge in [0.05, 0.1) is 12.1 Å². The summed E-state index contributed by atoms with van der Waals surface area (Å²) in [7, 11) is 0. The van der Waals surface area contributed by atoms with Crippen molar-refractivity contribution < 1.29 is 13.6 Å². The smallest absolute Gasteiger partial charge is 0.227 e. The molecule has 1 N–H and O–H groups in total. The number of H-pyrrole nitrogens is 1. The SMILES string of the molecule is O=C(Cc1ccc(F)cc1)N1CCC[C@H](c2cc(-c3ccc(F)cc3)n[nH]2)C1. The number of nitrogens with zero attached hydrogens (tertiary/aromatic N) is 2. The van der Waals surface area contributed by atoms with E-state index in [9.17, 15) is 13.6 Å². The van der Waals surface area contributed by atoms with Gasteiger partial charge in [-0.05, 0) is 60.9 Å². The number of nitrogens with one attached hydrogen (secondary N) is 1. The molecule has 0 spiro atoms. The lowest BCUT2D eigenvalue weighted by atomic mass is 9.94. The number of hydrogen-bond donors (Lipinski definition) is 1. The second-order valence-electron chi connectivity index (χ2n) is 7.20. The molecule has 6 heteroatoms. The molecule has 1 fully saturated rings. The van der Waals surface area contributed by atoms with E-state index in [2.05, 4.69) is 10.2 Å². The average molecular weight is 381 g/mol. The van der Waals surface area contributed by atoms with E-state index in [1.807, 2.05) is 11.0 Å². The fraction of sp³-hybridized carbons (Fsp3) is 0.273. The van der Waals surface area contributed by atoms with Crippen LogP contribution in [-0.2, 0) is 11.2 Å². The first kappa shape index (κ1) is 18.3. The predicted octanol–water partition coefficient (Wildman–Crippen LogP) is 4.30. The van der Waals surface area contributed by atoms with Crippen LogP contribution in [0.25, 0.3) is 11.3 Å². The standard InChI is InChI=1S/C22H21F2N3O/c23-18-7-3-15(4-8-18)12-22(28)27-11-1-2-17(14-27)21-13-20(25-26-21)16-5-9-19(24)10-6-16/h3-10,13,17H,1-2,11-12,14H2,(H,25,26)/t17-/m0/s1. The molecule has 1 amide bonds. The lowest BCUT2D eigenvalue weighted by Gasteiger charge is -2.32. The fourth-order valence-electron chi connectivity index (χ4n) is 3.66. The zero-order valence-electron chi connectivity index (χ0n) is 15.4. The molecule has 28 heavy (non-hydrogen) atoms. The first-order valence-corrected chi connectivity index (χ1v) is 9.42. The highest BCUT2D eigenvalue weighted by Gasteiger charge is 2.26. The molecule has 2 aromatic carbocycles. The van der Waals surface area contributed by atoms with Gasteiger partial charge in [0, 0.05) is 30.3 Å². The van der Waals surface area contributed by atoms with Crippen molar-refractivity contribution in [2.75, 3.05) is 13.1 Å². The van der Waals surface area contributed by atoms with Gasteiger partial charge in [0.2, 0.25) is 5.91 Å². The molecule has 1 aromatic heterocycles. The van der Waals surface area contributed by atoms with Crippen LogP contribution in [0.5, 0.6) is 0 Å². The number of hydrogen-bond acceptors (Lipinski definition) is 2. The summed E-state index contributed by atoms with van der Waals surface area (Å²) in [6, 6.07) is 14.3. The van der Waals surface area contributed by atoms with Crippen molar-refractivity contribution in [3.05, 3.63) is 77.5 Å². The minimum atomic E-state index is -0.301. The molecule has 0 saturated carbocycles. The first-order valence-electron chi connectivity index (χ1n) is 9.42. The topological polar surface area (TPSA) is 49.0 Å². The van der Waals surface area contributed by atoms with Crippen molar-refractivity contribution in [2.45, 2.75) is 25.2 Å². The third-order valence-electron chi connectivity index (χ3n) is 5.22. The monoisotopic (exact) mass is 381 g/mol. The van der Waals surface area contributed by atoms with Crippen molar-refractivity contribution in [1.29, 1.82) is 0 Å². The average Bonchev–Trinajstić information content (AvgIpc) is 3.21. The van der Waals surface area contributed by atoms with E-state index in [4.69, 9.17) is 0 Å². The van der Waals surface area contributed by atoms with Crippen LogP contribution < -0.4 is 0 Å². The van der Waals surface area contributed by atoms with Crippen molar-refractivity contribution in [1.82, 2.24) is 15.1 Å². The Balaban J connectivity index is 1.43. The van der Waals surface area contributed by atoms with Gasteiger partial charge in [-0.3, -0.25) is 9.89 Å². The van der Waals surface area contributed by atoms with Gasteiger partial charge >= 0.3 is 0 Å². The van der Waals surface area contributed by atoms with Crippen LogP contribution in [0, 0.1) is 11.6 Å². The highest BCUT2D eigenvalue weighted by molar-refractivity contribution is 5.79. The fourth-order valence-corrected chi connectivity index (χ4v) is 3.66. The number of benzene rings is 2. The summed E-state index contributed by atoms with van der Waals surface area (Å²) in [5.41, 5.74) is 3.42. The molecule has 0 radical (unpaired) electrons. The number of piperidine rings is 1. The summed E-state index contributed by atoms with van der Waals surface area (Å²) in [6.45, 7) is 1.36. The summed E-state index contributed by atoms with van der Waals surface area (Å²) >= 11 is 0. The molecular weight excluding hydrogens is 360 g/mol. The van der Waals surface area contributed by atoms with E-state index in [1.165, 1.54) is 24.3 Å². The maximum Gasteiger partial charge on any atom is 0.227 e. The highest BCUT2D eigenvalue weighted by Crippen LogP contribution is 2.29. The number of carbonyl (C=O) groups is 1. The Morgan fingerprint density at radius 3 is 2.46 bits per heavy atom. The predicted molar refractivity (Wildman–Crippen MR) is 103 cm³/mol. The summed E-state index contributed by atoms with van der Waals surface area (Å²) in [4.78, 5) is 14.5. The van der Waals surface area contributed by atoms with Gasteiger partial charge < -0.3 is 4.90 Å². The van der Waals surface area contributed by atoms with Gasteiger partial charge in [-0.2, -0.15) is 5.10 Å². The van der Waals surface area contributed by atoms with Gasteiger partial charge in [0.25, 0.3) is 0 Å². The van der Waals surface area contributed by atoms with Gasteiger partial charge in [-0.15, -0.1) is 0 Å². The van der Waals surface area contributed by atoms with Gasteiger partial charge in [-0.25, -0.2) is 8.78 Å². The lowest BCUT2D eigenvalue weighted by Crippen LogP contribution is -2.40. The van der Waals surface area contributed by atoms with Crippen LogP contribution in [0.2, 0.25) is 0 Å². The number of aromatic amines is 1. The van der Waals surface area contributed by atoms with Crippen LogP contribution in [0.3, 0.4) is 0 Å². The molecule has 144 valence electrons. The zero-order chi connectivity index (χ0) is 19.5. The third-order valence-corrected chi connectivity index (χ3v) is 5.22. The van der Waals surface area contributed by atoms with Gasteiger partial charge in [0.1, 0.15) is 11.6 Å². The summed E-state index contributed by atoms with van der Waals surface area (Å²) in [5, 5.41) is 7.43. The van der Waals surface area contributed by atoms with Crippen molar-refractivity contribution >= 4 is 5.91 Å². The van der Waals surface area contributed by atoms with Crippen molar-refractivity contribution in [2.24, 2.45) is 0 Å². The number of aromatic nitrogens is 2. The molecule has 1 atom stereocenters. The van der Waals surface area contributed by atoms with Crippen molar-refractivity contribution in [3.63, 3.8) is 0 Å². The van der Waals surface area contributed by atoms with Crippen LogP contribution in [0.1, 0.15) is 30.0 Å². The molecule has 4 rings (SSSR count). The van der Waals surface area contributed by atoms with Crippen LogP contribution in [0.4, 0.5) is 8.78 Å². The number of carbonyl (C=O) groups excluding carboxylic acids is 1. The molecule has 0 bridgehead atoms. The van der Waals surface area contributed by atoms with E-state index in [0.717, 1.165) is 41.9 Å². The molecular formula is C22H21F2N3O. The first-order chi connectivity index (χ1) is 13.6. The molecule has 0 aliphatic carbocycles. The Hall–Kier alpha value is -3.02. The maximum atomic E-state index is 13.1. The van der Waals surface area contributed by atoms with Crippen LogP contribution in [-0.4, -0.2) is 34.1 Å².